The highest BCUT2D eigenvalue weighted by Gasteiger charge is 2.21. The molecule has 2 aromatic carbocycles. The molecule has 3 heteroatoms. The zero-order chi connectivity index (χ0) is 18.3. The quantitative estimate of drug-likeness (QED) is 0.561. The highest BCUT2D eigenvalue weighted by molar-refractivity contribution is 5.33. The van der Waals surface area contributed by atoms with E-state index < -0.39 is 0 Å². The average molecular weight is 362 g/mol. The molecular formula is C24H26O3. The molecule has 0 amide bonds. The first kappa shape index (κ1) is 17.7. The van der Waals surface area contributed by atoms with Gasteiger partial charge in [-0.3, -0.25) is 0 Å². The lowest BCUT2D eigenvalue weighted by atomic mass is 10.1. The van der Waals surface area contributed by atoms with E-state index in [2.05, 4.69) is 12.2 Å². The molecule has 140 valence electrons. The molecule has 3 nitrogen and oxygen atoms in total. The summed E-state index contributed by atoms with van der Waals surface area (Å²) in [6.07, 6.45) is 11.6. The standard InChI is InChI=1S/C24H26O3/c1-2-8-20(9-3-1)26-22-16-14-19(15-17-22)18-25-23-12-6-7-13-24(23)27-21-10-4-5-11-21/h1-3,8-9,12-17,21H,4-7,10-11,18H2. The van der Waals surface area contributed by atoms with Crippen LogP contribution in [0.1, 0.15) is 44.1 Å². The summed E-state index contributed by atoms with van der Waals surface area (Å²) in [4.78, 5) is 0. The smallest absolute Gasteiger partial charge is 0.157 e. The van der Waals surface area contributed by atoms with E-state index in [0.29, 0.717) is 12.7 Å². The molecule has 1 fully saturated rings. The Hall–Kier alpha value is -2.68. The normalized spacial score (nSPS) is 17.2. The van der Waals surface area contributed by atoms with Gasteiger partial charge >= 0.3 is 0 Å². The summed E-state index contributed by atoms with van der Waals surface area (Å²) in [5, 5.41) is 0. The van der Waals surface area contributed by atoms with E-state index in [4.69, 9.17) is 14.2 Å². The van der Waals surface area contributed by atoms with Gasteiger partial charge in [0.2, 0.25) is 0 Å². The lowest BCUT2D eigenvalue weighted by molar-refractivity contribution is 0.0903. The molecule has 0 N–H and O–H groups in total. The average Bonchev–Trinajstić information content (AvgIpc) is 3.22. The molecule has 0 spiro atoms. The molecule has 0 bridgehead atoms. The van der Waals surface area contributed by atoms with Crippen LogP contribution < -0.4 is 4.74 Å². The molecule has 27 heavy (non-hydrogen) atoms. The molecule has 0 heterocycles. The van der Waals surface area contributed by atoms with Crippen LogP contribution in [-0.2, 0) is 16.1 Å². The Morgan fingerprint density at radius 3 is 2.15 bits per heavy atom. The fourth-order valence-electron chi connectivity index (χ4n) is 3.49. The van der Waals surface area contributed by atoms with Gasteiger partial charge in [0.25, 0.3) is 0 Å². The third-order valence-corrected chi connectivity index (χ3v) is 4.96. The minimum atomic E-state index is 0.357. The Kier molecular flexibility index (Phi) is 5.78. The molecular weight excluding hydrogens is 336 g/mol. The number of hydrogen-bond donors (Lipinski definition) is 0. The van der Waals surface area contributed by atoms with Crippen molar-refractivity contribution in [1.29, 1.82) is 0 Å². The van der Waals surface area contributed by atoms with Crippen LogP contribution in [0, 0.1) is 0 Å². The van der Waals surface area contributed by atoms with Gasteiger partial charge in [0.1, 0.15) is 18.1 Å². The van der Waals surface area contributed by atoms with Gasteiger partial charge in [0.15, 0.2) is 11.5 Å². The number of rotatable bonds is 7. The Morgan fingerprint density at radius 1 is 0.741 bits per heavy atom. The summed E-state index contributed by atoms with van der Waals surface area (Å²) in [6, 6.07) is 17.9. The molecule has 2 aliphatic rings. The predicted molar refractivity (Wildman–Crippen MR) is 106 cm³/mol. The zero-order valence-electron chi connectivity index (χ0n) is 15.6. The summed E-state index contributed by atoms with van der Waals surface area (Å²) >= 11 is 0. The molecule has 0 saturated heterocycles. The number of allylic oxidation sites excluding steroid dienone is 2. The fraction of sp³-hybridized carbons (Fsp3) is 0.333. The maximum atomic E-state index is 6.19. The van der Waals surface area contributed by atoms with E-state index in [-0.39, 0.29) is 0 Å². The second kappa shape index (κ2) is 8.81. The van der Waals surface area contributed by atoms with Crippen LogP contribution in [0.4, 0.5) is 0 Å². The van der Waals surface area contributed by atoms with Gasteiger partial charge in [-0.2, -0.15) is 0 Å². The Labute approximate surface area is 161 Å². The van der Waals surface area contributed by atoms with Crippen molar-refractivity contribution < 1.29 is 14.2 Å². The van der Waals surface area contributed by atoms with Gasteiger partial charge in [-0.15, -0.1) is 0 Å². The molecule has 0 aliphatic heterocycles. The third kappa shape index (κ3) is 4.94. The fourth-order valence-corrected chi connectivity index (χ4v) is 3.49. The van der Waals surface area contributed by atoms with Crippen LogP contribution in [0.3, 0.4) is 0 Å². The van der Waals surface area contributed by atoms with E-state index >= 15 is 0 Å². The van der Waals surface area contributed by atoms with Crippen LogP contribution in [0.25, 0.3) is 0 Å². The van der Waals surface area contributed by atoms with Crippen LogP contribution in [0.15, 0.2) is 78.3 Å². The second-order valence-corrected chi connectivity index (χ2v) is 7.09. The largest absolute Gasteiger partial charge is 0.487 e. The van der Waals surface area contributed by atoms with Crippen LogP contribution in [-0.4, -0.2) is 6.10 Å². The molecule has 2 aromatic rings. The van der Waals surface area contributed by atoms with Crippen molar-refractivity contribution in [2.24, 2.45) is 0 Å². The van der Waals surface area contributed by atoms with Gasteiger partial charge in [-0.1, -0.05) is 30.3 Å². The highest BCUT2D eigenvalue weighted by Crippen LogP contribution is 2.29. The van der Waals surface area contributed by atoms with E-state index in [9.17, 15) is 0 Å². The topological polar surface area (TPSA) is 27.7 Å². The molecule has 0 radical (unpaired) electrons. The SMILES string of the molecule is C1=C(OCc2ccc(Oc3ccccc3)cc2)C(OC2CCCC2)=CCC1. The predicted octanol–water partition coefficient (Wildman–Crippen LogP) is 6.52. The molecule has 1 saturated carbocycles. The summed E-state index contributed by atoms with van der Waals surface area (Å²) in [6.45, 7) is 0.531. The van der Waals surface area contributed by atoms with Gasteiger partial charge in [-0.05, 0) is 80.5 Å². The van der Waals surface area contributed by atoms with Crippen molar-refractivity contribution in [3.05, 3.63) is 83.8 Å². The van der Waals surface area contributed by atoms with Crippen molar-refractivity contribution in [3.8, 4) is 11.5 Å². The summed E-state index contributed by atoms with van der Waals surface area (Å²) < 4.78 is 18.1. The Morgan fingerprint density at radius 2 is 1.41 bits per heavy atom. The summed E-state index contributed by atoms with van der Waals surface area (Å²) in [5.41, 5.74) is 1.11. The maximum absolute atomic E-state index is 6.19. The van der Waals surface area contributed by atoms with E-state index in [1.54, 1.807) is 0 Å². The second-order valence-electron chi connectivity index (χ2n) is 7.09. The van der Waals surface area contributed by atoms with Crippen molar-refractivity contribution >= 4 is 0 Å². The third-order valence-electron chi connectivity index (χ3n) is 4.96. The van der Waals surface area contributed by atoms with E-state index in [1.807, 2.05) is 54.6 Å². The number of benzene rings is 2. The van der Waals surface area contributed by atoms with Crippen LogP contribution in [0.2, 0.25) is 0 Å². The Bertz CT molecular complexity index is 784. The minimum absolute atomic E-state index is 0.357. The van der Waals surface area contributed by atoms with Gasteiger partial charge in [-0.25, -0.2) is 0 Å². The minimum Gasteiger partial charge on any atom is -0.487 e. The van der Waals surface area contributed by atoms with Crippen molar-refractivity contribution in [3.63, 3.8) is 0 Å². The molecule has 4 rings (SSSR count). The monoisotopic (exact) mass is 362 g/mol. The van der Waals surface area contributed by atoms with Crippen LogP contribution in [0.5, 0.6) is 11.5 Å². The number of para-hydroxylation sites is 1. The van der Waals surface area contributed by atoms with E-state index in [1.165, 1.54) is 12.8 Å². The first-order valence-corrected chi connectivity index (χ1v) is 9.89. The lowest BCUT2D eigenvalue weighted by Gasteiger charge is -2.21. The lowest BCUT2D eigenvalue weighted by Crippen LogP contribution is -2.11. The summed E-state index contributed by atoms with van der Waals surface area (Å²) in [7, 11) is 0. The van der Waals surface area contributed by atoms with Crippen molar-refractivity contribution in [2.45, 2.75) is 51.2 Å². The molecule has 2 aliphatic carbocycles. The van der Waals surface area contributed by atoms with Crippen molar-refractivity contribution in [2.75, 3.05) is 0 Å². The number of ether oxygens (including phenoxy) is 3. The number of hydrogen-bond acceptors (Lipinski definition) is 3. The first-order valence-electron chi connectivity index (χ1n) is 9.89. The van der Waals surface area contributed by atoms with Gasteiger partial charge in [0.05, 0.1) is 6.10 Å². The van der Waals surface area contributed by atoms with Gasteiger partial charge in [0, 0.05) is 0 Å². The van der Waals surface area contributed by atoms with Gasteiger partial charge < -0.3 is 14.2 Å². The molecule has 0 atom stereocenters. The Balaban J connectivity index is 1.32. The molecule has 0 aromatic heterocycles. The zero-order valence-corrected chi connectivity index (χ0v) is 15.6. The molecule has 0 unspecified atom stereocenters. The van der Waals surface area contributed by atoms with Crippen molar-refractivity contribution in [1.82, 2.24) is 0 Å². The highest BCUT2D eigenvalue weighted by atomic mass is 16.5. The van der Waals surface area contributed by atoms with E-state index in [0.717, 1.165) is 54.3 Å². The van der Waals surface area contributed by atoms with Crippen LogP contribution >= 0.6 is 0 Å². The summed E-state index contributed by atoms with van der Waals surface area (Å²) in [5.74, 6) is 3.48. The maximum Gasteiger partial charge on any atom is 0.157 e. The first-order chi connectivity index (χ1) is 13.4.